The SMILES string of the molecule is CC(=O)c1cccc(S(=O)(=O)N2CCCN(C(=O)CC(C)C)CC2)c1. The summed E-state index contributed by atoms with van der Waals surface area (Å²) in [6.45, 7) is 7.02. The number of carbonyl (C=O) groups excluding carboxylic acids is 2. The number of nitrogens with zero attached hydrogens (tertiary/aromatic N) is 2. The van der Waals surface area contributed by atoms with Crippen LogP contribution in [0.3, 0.4) is 0 Å². The van der Waals surface area contributed by atoms with Gasteiger partial charge in [-0.2, -0.15) is 4.31 Å². The summed E-state index contributed by atoms with van der Waals surface area (Å²) >= 11 is 0. The molecule has 0 aliphatic carbocycles. The molecular weight excluding hydrogens is 340 g/mol. The Morgan fingerprint density at radius 2 is 1.84 bits per heavy atom. The van der Waals surface area contributed by atoms with Gasteiger partial charge in [-0.3, -0.25) is 9.59 Å². The second kappa shape index (κ2) is 8.10. The predicted octanol–water partition coefficient (Wildman–Crippen LogP) is 2.16. The average Bonchev–Trinajstić information content (AvgIpc) is 2.81. The van der Waals surface area contributed by atoms with Gasteiger partial charge in [0.2, 0.25) is 15.9 Å². The summed E-state index contributed by atoms with van der Waals surface area (Å²) in [6.07, 6.45) is 1.09. The first-order valence-electron chi connectivity index (χ1n) is 8.60. The molecule has 0 saturated carbocycles. The van der Waals surface area contributed by atoms with E-state index in [1.165, 1.54) is 23.4 Å². The Morgan fingerprint density at radius 3 is 2.48 bits per heavy atom. The van der Waals surface area contributed by atoms with Crippen LogP contribution in [0.5, 0.6) is 0 Å². The van der Waals surface area contributed by atoms with E-state index >= 15 is 0 Å². The van der Waals surface area contributed by atoms with E-state index in [2.05, 4.69) is 0 Å². The summed E-state index contributed by atoms with van der Waals surface area (Å²) in [5.74, 6) is 0.191. The molecule has 0 bridgehead atoms. The van der Waals surface area contributed by atoms with Crippen molar-refractivity contribution in [2.45, 2.75) is 38.5 Å². The first-order valence-corrected chi connectivity index (χ1v) is 10.0. The number of ketones is 1. The Bertz CT molecular complexity index is 743. The van der Waals surface area contributed by atoms with E-state index < -0.39 is 10.0 Å². The molecule has 1 saturated heterocycles. The van der Waals surface area contributed by atoms with E-state index in [4.69, 9.17) is 0 Å². The van der Waals surface area contributed by atoms with E-state index in [-0.39, 0.29) is 29.0 Å². The molecule has 1 fully saturated rings. The molecule has 0 unspecified atom stereocenters. The van der Waals surface area contributed by atoms with Gasteiger partial charge in [0.05, 0.1) is 4.90 Å². The van der Waals surface area contributed by atoms with Crippen molar-refractivity contribution >= 4 is 21.7 Å². The number of carbonyl (C=O) groups is 2. The minimum atomic E-state index is -3.67. The normalized spacial score (nSPS) is 16.7. The molecule has 0 spiro atoms. The van der Waals surface area contributed by atoms with Crippen LogP contribution in [0.1, 0.15) is 44.0 Å². The van der Waals surface area contributed by atoms with Crippen molar-refractivity contribution in [3.05, 3.63) is 29.8 Å². The molecule has 0 N–H and O–H groups in total. The Balaban J connectivity index is 2.14. The fourth-order valence-corrected chi connectivity index (χ4v) is 4.40. The minimum Gasteiger partial charge on any atom is -0.341 e. The van der Waals surface area contributed by atoms with Gasteiger partial charge in [-0.05, 0) is 31.4 Å². The van der Waals surface area contributed by atoms with Crippen LogP contribution in [0, 0.1) is 5.92 Å². The number of Topliss-reactive ketones (excluding diaryl/α,β-unsaturated/α-hetero) is 1. The smallest absolute Gasteiger partial charge is 0.243 e. The van der Waals surface area contributed by atoms with Crippen LogP contribution in [-0.2, 0) is 14.8 Å². The maximum absolute atomic E-state index is 12.9. The minimum absolute atomic E-state index is 0.0767. The number of hydrogen-bond acceptors (Lipinski definition) is 4. The number of rotatable bonds is 5. The lowest BCUT2D eigenvalue weighted by Crippen LogP contribution is -2.37. The highest BCUT2D eigenvalue weighted by Crippen LogP contribution is 2.20. The van der Waals surface area contributed by atoms with Crippen molar-refractivity contribution in [1.29, 1.82) is 0 Å². The molecule has 1 aliphatic heterocycles. The van der Waals surface area contributed by atoms with Gasteiger partial charge in [-0.15, -0.1) is 0 Å². The predicted molar refractivity (Wildman–Crippen MR) is 95.9 cm³/mol. The lowest BCUT2D eigenvalue weighted by molar-refractivity contribution is -0.131. The topological polar surface area (TPSA) is 74.8 Å². The fraction of sp³-hybridized carbons (Fsp3) is 0.556. The molecule has 138 valence electrons. The molecule has 0 aromatic heterocycles. The van der Waals surface area contributed by atoms with Gasteiger partial charge in [0, 0.05) is 38.2 Å². The number of amides is 1. The first-order chi connectivity index (χ1) is 11.7. The zero-order valence-corrected chi connectivity index (χ0v) is 15.9. The summed E-state index contributed by atoms with van der Waals surface area (Å²) < 4.78 is 27.2. The third-order valence-electron chi connectivity index (χ3n) is 4.27. The van der Waals surface area contributed by atoms with E-state index in [1.54, 1.807) is 17.0 Å². The first kappa shape index (κ1) is 19.6. The standard InChI is InChI=1S/C18H26N2O4S/c1-14(2)12-18(22)19-8-5-9-20(11-10-19)25(23,24)17-7-4-6-16(13-17)15(3)21/h4,6-7,13-14H,5,8-12H2,1-3H3. The molecule has 1 amide bonds. The van der Waals surface area contributed by atoms with Gasteiger partial charge in [0.25, 0.3) is 0 Å². The van der Waals surface area contributed by atoms with Crippen molar-refractivity contribution in [2.24, 2.45) is 5.92 Å². The fourth-order valence-electron chi connectivity index (χ4n) is 2.89. The van der Waals surface area contributed by atoms with Crippen molar-refractivity contribution < 1.29 is 18.0 Å². The molecule has 1 aromatic carbocycles. The zero-order chi connectivity index (χ0) is 18.6. The molecular formula is C18H26N2O4S. The van der Waals surface area contributed by atoms with Gasteiger partial charge in [-0.1, -0.05) is 26.0 Å². The Morgan fingerprint density at radius 1 is 1.12 bits per heavy atom. The molecule has 0 atom stereocenters. The van der Waals surface area contributed by atoms with Crippen LogP contribution < -0.4 is 0 Å². The maximum Gasteiger partial charge on any atom is 0.243 e. The van der Waals surface area contributed by atoms with Crippen LogP contribution in [0.4, 0.5) is 0 Å². The Labute approximate surface area is 149 Å². The zero-order valence-electron chi connectivity index (χ0n) is 15.1. The lowest BCUT2D eigenvalue weighted by atomic mass is 10.1. The van der Waals surface area contributed by atoms with Crippen LogP contribution in [0.15, 0.2) is 29.2 Å². The second-order valence-corrected chi connectivity index (χ2v) is 8.76. The summed E-state index contributed by atoms with van der Waals surface area (Å²) in [5.41, 5.74) is 0.379. The lowest BCUT2D eigenvalue weighted by Gasteiger charge is -2.22. The van der Waals surface area contributed by atoms with Gasteiger partial charge in [0.15, 0.2) is 5.78 Å². The molecule has 7 heteroatoms. The van der Waals surface area contributed by atoms with Crippen molar-refractivity contribution in [3.8, 4) is 0 Å². The number of benzene rings is 1. The molecule has 1 aromatic rings. The second-order valence-electron chi connectivity index (χ2n) is 6.82. The van der Waals surface area contributed by atoms with Gasteiger partial charge in [0.1, 0.15) is 0 Å². The van der Waals surface area contributed by atoms with Crippen LogP contribution in [0.25, 0.3) is 0 Å². The monoisotopic (exact) mass is 366 g/mol. The van der Waals surface area contributed by atoms with Crippen molar-refractivity contribution in [3.63, 3.8) is 0 Å². The van der Waals surface area contributed by atoms with Gasteiger partial charge >= 0.3 is 0 Å². The third kappa shape index (κ3) is 4.89. The molecule has 1 heterocycles. The van der Waals surface area contributed by atoms with Crippen molar-refractivity contribution in [2.75, 3.05) is 26.2 Å². The number of hydrogen-bond donors (Lipinski definition) is 0. The Kier molecular flexibility index (Phi) is 6.35. The summed E-state index contributed by atoms with van der Waals surface area (Å²) in [7, 11) is -3.67. The Hall–Kier alpha value is -1.73. The van der Waals surface area contributed by atoms with Crippen molar-refractivity contribution in [1.82, 2.24) is 9.21 Å². The summed E-state index contributed by atoms with van der Waals surface area (Å²) in [6, 6.07) is 6.12. The number of sulfonamides is 1. The van der Waals surface area contributed by atoms with Gasteiger partial charge < -0.3 is 4.90 Å². The highest BCUT2D eigenvalue weighted by Gasteiger charge is 2.28. The van der Waals surface area contributed by atoms with E-state index in [1.807, 2.05) is 13.8 Å². The molecule has 1 aliphatic rings. The third-order valence-corrected chi connectivity index (χ3v) is 6.16. The molecule has 0 radical (unpaired) electrons. The van der Waals surface area contributed by atoms with Gasteiger partial charge in [-0.25, -0.2) is 8.42 Å². The van der Waals surface area contributed by atoms with Crippen LogP contribution >= 0.6 is 0 Å². The average molecular weight is 366 g/mol. The largest absolute Gasteiger partial charge is 0.341 e. The highest BCUT2D eigenvalue weighted by molar-refractivity contribution is 7.89. The molecule has 2 rings (SSSR count). The van der Waals surface area contributed by atoms with E-state index in [0.29, 0.717) is 38.0 Å². The van der Waals surface area contributed by atoms with E-state index in [0.717, 1.165) is 0 Å². The summed E-state index contributed by atoms with van der Waals surface area (Å²) in [4.78, 5) is 25.6. The van der Waals surface area contributed by atoms with Crippen LogP contribution in [-0.4, -0.2) is 55.5 Å². The highest BCUT2D eigenvalue weighted by atomic mass is 32.2. The maximum atomic E-state index is 12.9. The van der Waals surface area contributed by atoms with E-state index in [9.17, 15) is 18.0 Å². The molecule has 25 heavy (non-hydrogen) atoms. The van der Waals surface area contributed by atoms with Crippen LogP contribution in [0.2, 0.25) is 0 Å². The summed E-state index contributed by atoms with van der Waals surface area (Å²) in [5, 5.41) is 0. The quantitative estimate of drug-likeness (QED) is 0.749. The molecule has 6 nitrogen and oxygen atoms in total.